The Morgan fingerprint density at radius 2 is 2.05 bits per heavy atom. The van der Waals surface area contributed by atoms with Gasteiger partial charge in [-0.3, -0.25) is 0 Å². The Labute approximate surface area is 127 Å². The van der Waals surface area contributed by atoms with Gasteiger partial charge in [-0.15, -0.1) is 0 Å². The molecule has 0 fully saturated rings. The quantitative estimate of drug-likeness (QED) is 0.649. The van der Waals surface area contributed by atoms with Gasteiger partial charge in [0.2, 0.25) is 5.54 Å². The summed E-state index contributed by atoms with van der Waals surface area (Å²) in [5.74, 6) is -2.42. The van der Waals surface area contributed by atoms with E-state index in [2.05, 4.69) is 4.98 Å². The molecule has 1 atom stereocenters. The van der Waals surface area contributed by atoms with Crippen molar-refractivity contribution in [1.82, 2.24) is 4.98 Å². The predicted octanol–water partition coefficient (Wildman–Crippen LogP) is 1.49. The van der Waals surface area contributed by atoms with Crippen LogP contribution in [0.15, 0.2) is 29.0 Å². The molecule has 0 amide bonds. The third-order valence-electron chi connectivity index (χ3n) is 3.02. The monoisotopic (exact) mass is 306 g/mol. The highest BCUT2D eigenvalue weighted by molar-refractivity contribution is 6.04. The van der Waals surface area contributed by atoms with Gasteiger partial charge in [0.05, 0.1) is 0 Å². The number of carboxylic acid groups (broad SMARTS) is 1. The van der Waals surface area contributed by atoms with Crippen LogP contribution < -0.4 is 5.73 Å². The summed E-state index contributed by atoms with van der Waals surface area (Å²) >= 11 is 0. The Morgan fingerprint density at radius 1 is 1.36 bits per heavy atom. The van der Waals surface area contributed by atoms with E-state index in [1.54, 1.807) is 39.0 Å². The fraction of sp³-hybridized carbons (Fsp3) is 0.400. The van der Waals surface area contributed by atoms with Gasteiger partial charge in [0.1, 0.15) is 11.1 Å². The van der Waals surface area contributed by atoms with Crippen molar-refractivity contribution in [2.45, 2.75) is 38.3 Å². The number of carbonyl (C=O) groups excluding carboxylic acids is 1. The molecular formula is C15H18N2O5. The number of benzene rings is 1. The number of oxazole rings is 1. The largest absolute Gasteiger partial charge is 0.479 e. The van der Waals surface area contributed by atoms with E-state index < -0.39 is 23.1 Å². The summed E-state index contributed by atoms with van der Waals surface area (Å²) in [6.07, 6.45) is 1.08. The van der Waals surface area contributed by atoms with Crippen molar-refractivity contribution in [1.29, 1.82) is 0 Å². The maximum absolute atomic E-state index is 12.2. The van der Waals surface area contributed by atoms with E-state index in [9.17, 15) is 14.7 Å². The Kier molecular flexibility index (Phi) is 3.93. The van der Waals surface area contributed by atoms with Crippen molar-refractivity contribution in [2.75, 3.05) is 0 Å². The van der Waals surface area contributed by atoms with Crippen molar-refractivity contribution in [3.8, 4) is 0 Å². The van der Waals surface area contributed by atoms with Crippen molar-refractivity contribution < 1.29 is 23.8 Å². The summed E-state index contributed by atoms with van der Waals surface area (Å²) in [7, 11) is 0. The first-order valence-corrected chi connectivity index (χ1v) is 6.70. The molecular weight excluding hydrogens is 288 g/mol. The summed E-state index contributed by atoms with van der Waals surface area (Å²) < 4.78 is 10.2. The van der Waals surface area contributed by atoms with Crippen molar-refractivity contribution in [3.63, 3.8) is 0 Å². The van der Waals surface area contributed by atoms with Crippen molar-refractivity contribution in [3.05, 3.63) is 30.2 Å². The van der Waals surface area contributed by atoms with Gasteiger partial charge in [-0.25, -0.2) is 14.6 Å². The zero-order valence-corrected chi connectivity index (χ0v) is 12.6. The van der Waals surface area contributed by atoms with Gasteiger partial charge in [-0.1, -0.05) is 6.07 Å². The number of aromatic nitrogens is 1. The number of esters is 1. The van der Waals surface area contributed by atoms with E-state index in [0.29, 0.717) is 16.7 Å². The van der Waals surface area contributed by atoms with Gasteiger partial charge in [-0.2, -0.15) is 0 Å². The molecule has 0 saturated carbocycles. The molecule has 2 aromatic rings. The summed E-state index contributed by atoms with van der Waals surface area (Å²) in [4.78, 5) is 27.7. The molecule has 0 aliphatic heterocycles. The first kappa shape index (κ1) is 16.0. The highest BCUT2D eigenvalue weighted by Crippen LogP contribution is 2.21. The van der Waals surface area contributed by atoms with Gasteiger partial charge in [0, 0.05) is 6.42 Å². The molecule has 0 aliphatic carbocycles. The summed E-state index contributed by atoms with van der Waals surface area (Å²) in [5.41, 5.74) is 4.52. The number of fused-ring (bicyclic) bond motifs is 1. The molecule has 0 aliphatic rings. The normalized spacial score (nSPS) is 14.5. The summed E-state index contributed by atoms with van der Waals surface area (Å²) in [6.45, 7) is 4.94. The maximum Gasteiger partial charge on any atom is 0.338 e. The molecule has 1 aromatic carbocycles. The fourth-order valence-electron chi connectivity index (χ4n) is 1.94. The zero-order valence-electron chi connectivity index (χ0n) is 12.6. The molecule has 118 valence electrons. The first-order valence-electron chi connectivity index (χ1n) is 6.70. The summed E-state index contributed by atoms with van der Waals surface area (Å²) in [5, 5.41) is 9.37. The van der Waals surface area contributed by atoms with E-state index in [1.165, 1.54) is 6.39 Å². The maximum atomic E-state index is 12.2. The van der Waals surface area contributed by atoms with Gasteiger partial charge in [0.15, 0.2) is 12.0 Å². The molecule has 7 nitrogen and oxygen atoms in total. The molecule has 0 spiro atoms. The summed E-state index contributed by atoms with van der Waals surface area (Å²) in [6, 6.07) is 4.92. The Hall–Kier alpha value is -2.41. The van der Waals surface area contributed by atoms with Crippen LogP contribution >= 0.6 is 0 Å². The smallest absolute Gasteiger partial charge is 0.338 e. The number of rotatable bonds is 4. The topological polar surface area (TPSA) is 116 Å². The number of hydrogen-bond donors (Lipinski definition) is 2. The van der Waals surface area contributed by atoms with E-state index in [-0.39, 0.29) is 6.42 Å². The number of aliphatic carboxylic acids is 1. The highest BCUT2D eigenvalue weighted by Gasteiger charge is 2.45. The van der Waals surface area contributed by atoms with Gasteiger partial charge in [-0.05, 0) is 38.5 Å². The van der Waals surface area contributed by atoms with Crippen LogP contribution in [-0.4, -0.2) is 33.2 Å². The van der Waals surface area contributed by atoms with Gasteiger partial charge in [0.25, 0.3) is 0 Å². The average molecular weight is 306 g/mol. The van der Waals surface area contributed by atoms with Crippen molar-refractivity contribution in [2.24, 2.45) is 5.73 Å². The van der Waals surface area contributed by atoms with Gasteiger partial charge < -0.3 is 20.0 Å². The average Bonchev–Trinajstić information content (AvgIpc) is 2.83. The van der Waals surface area contributed by atoms with E-state index >= 15 is 0 Å². The first-order chi connectivity index (χ1) is 10.1. The Bertz CT molecular complexity index is 716. The molecule has 7 heteroatoms. The lowest BCUT2D eigenvalue weighted by molar-refractivity contribution is -0.169. The zero-order chi connectivity index (χ0) is 16.5. The fourth-order valence-corrected chi connectivity index (χ4v) is 1.94. The van der Waals surface area contributed by atoms with Crippen LogP contribution in [-0.2, 0) is 20.7 Å². The number of carboxylic acids is 1. The van der Waals surface area contributed by atoms with Crippen LogP contribution in [0.2, 0.25) is 0 Å². The second-order valence-corrected chi connectivity index (χ2v) is 6.11. The van der Waals surface area contributed by atoms with Crippen LogP contribution in [0.3, 0.4) is 0 Å². The SMILES string of the molecule is CC(C)(C)OC(=O)[C@](N)(Cc1ccc2ocnc2c1)C(=O)O. The lowest BCUT2D eigenvalue weighted by Crippen LogP contribution is -2.58. The lowest BCUT2D eigenvalue weighted by Gasteiger charge is -2.28. The van der Waals surface area contributed by atoms with Crippen molar-refractivity contribution >= 4 is 23.0 Å². The number of ether oxygens (including phenoxy) is 1. The van der Waals surface area contributed by atoms with Gasteiger partial charge >= 0.3 is 11.9 Å². The Morgan fingerprint density at radius 3 is 2.64 bits per heavy atom. The minimum absolute atomic E-state index is 0.208. The minimum Gasteiger partial charge on any atom is -0.479 e. The second kappa shape index (κ2) is 5.42. The molecule has 22 heavy (non-hydrogen) atoms. The number of carbonyl (C=O) groups is 2. The number of nitrogens with two attached hydrogens (primary N) is 1. The second-order valence-electron chi connectivity index (χ2n) is 6.11. The molecule has 3 N–H and O–H groups in total. The predicted molar refractivity (Wildman–Crippen MR) is 78.1 cm³/mol. The number of hydrogen-bond acceptors (Lipinski definition) is 6. The highest BCUT2D eigenvalue weighted by atomic mass is 16.6. The molecule has 0 radical (unpaired) electrons. The van der Waals surface area contributed by atoms with Crippen LogP contribution in [0.4, 0.5) is 0 Å². The third kappa shape index (κ3) is 3.25. The third-order valence-corrected chi connectivity index (χ3v) is 3.02. The van der Waals surface area contributed by atoms with E-state index in [0.717, 1.165) is 0 Å². The molecule has 0 unspecified atom stereocenters. The van der Waals surface area contributed by atoms with Crippen LogP contribution in [0.25, 0.3) is 11.1 Å². The molecule has 0 saturated heterocycles. The van der Waals surface area contributed by atoms with E-state index in [1.807, 2.05) is 0 Å². The molecule has 1 heterocycles. The molecule has 0 bridgehead atoms. The molecule has 2 rings (SSSR count). The number of nitrogens with zero attached hydrogens (tertiary/aromatic N) is 1. The van der Waals surface area contributed by atoms with E-state index in [4.69, 9.17) is 14.9 Å². The lowest BCUT2D eigenvalue weighted by atomic mass is 9.91. The minimum atomic E-state index is -2.16. The van der Waals surface area contributed by atoms with Crippen LogP contribution in [0.5, 0.6) is 0 Å². The Balaban J connectivity index is 2.30. The van der Waals surface area contributed by atoms with Crippen LogP contribution in [0, 0.1) is 0 Å². The standard InChI is InChI=1S/C15H18N2O5/c1-14(2,3)22-13(20)15(16,12(18)19)7-9-4-5-11-10(6-9)17-8-21-11/h4-6,8H,7,16H2,1-3H3,(H,18,19)/t15-/m0/s1. The van der Waals surface area contributed by atoms with Crippen LogP contribution in [0.1, 0.15) is 26.3 Å². The molecule has 1 aromatic heterocycles.